The predicted molar refractivity (Wildman–Crippen MR) is 112 cm³/mol. The van der Waals surface area contributed by atoms with Gasteiger partial charge in [0.05, 0.1) is 5.02 Å². The van der Waals surface area contributed by atoms with Gasteiger partial charge in [0.2, 0.25) is 0 Å². The van der Waals surface area contributed by atoms with E-state index in [0.717, 1.165) is 6.54 Å². The lowest BCUT2D eigenvalue weighted by Gasteiger charge is -2.48. The summed E-state index contributed by atoms with van der Waals surface area (Å²) in [4.78, 5) is 2.72. The summed E-state index contributed by atoms with van der Waals surface area (Å²) in [5.74, 6) is 0.553. The molecule has 2 fully saturated rings. The van der Waals surface area contributed by atoms with Gasteiger partial charge < -0.3 is 15.2 Å². The van der Waals surface area contributed by atoms with Gasteiger partial charge >= 0.3 is 0 Å². The minimum absolute atomic E-state index is 0.213. The fraction of sp³-hybridized carbons (Fsp3) is 0.714. The maximum atomic E-state index is 10.3. The average molecular weight is 415 g/mol. The average Bonchev–Trinajstić information content (AvgIpc) is 2.69. The van der Waals surface area contributed by atoms with E-state index in [4.69, 9.17) is 27.9 Å². The minimum atomic E-state index is -0.571. The van der Waals surface area contributed by atoms with Gasteiger partial charge in [-0.3, -0.25) is 4.90 Å². The first-order chi connectivity index (χ1) is 13.1. The second kappa shape index (κ2) is 10.3. The van der Waals surface area contributed by atoms with Gasteiger partial charge in [0, 0.05) is 23.7 Å². The fourth-order valence-corrected chi connectivity index (χ4v) is 4.95. The van der Waals surface area contributed by atoms with Gasteiger partial charge in [0.1, 0.15) is 18.5 Å². The number of aliphatic hydroxyl groups is 1. The number of benzene rings is 1. The molecule has 0 radical (unpaired) electrons. The highest BCUT2D eigenvalue weighted by Gasteiger charge is 2.37. The first-order valence-electron chi connectivity index (χ1n) is 10.3. The second-order valence-electron chi connectivity index (χ2n) is 8.00. The van der Waals surface area contributed by atoms with Gasteiger partial charge in [0.15, 0.2) is 0 Å². The molecule has 0 amide bonds. The Labute approximate surface area is 173 Å². The highest BCUT2D eigenvalue weighted by Crippen LogP contribution is 2.35. The number of aliphatic hydroxyl groups excluding tert-OH is 1. The number of halogens is 2. The summed E-state index contributed by atoms with van der Waals surface area (Å²) >= 11 is 12.0. The molecule has 0 aromatic heterocycles. The summed E-state index contributed by atoms with van der Waals surface area (Å²) in [7, 11) is 0. The first kappa shape index (κ1) is 21.2. The van der Waals surface area contributed by atoms with E-state index >= 15 is 0 Å². The molecule has 1 aliphatic carbocycles. The molecule has 2 aliphatic rings. The van der Waals surface area contributed by atoms with Crippen LogP contribution in [-0.2, 0) is 0 Å². The van der Waals surface area contributed by atoms with Crippen LogP contribution in [0.4, 0.5) is 0 Å². The molecule has 3 rings (SSSR count). The van der Waals surface area contributed by atoms with Crippen LogP contribution in [0.3, 0.4) is 0 Å². The number of ether oxygens (including phenoxy) is 1. The minimum Gasteiger partial charge on any atom is -0.489 e. The molecule has 2 N–H and O–H groups in total. The molecule has 1 saturated heterocycles. The van der Waals surface area contributed by atoms with Crippen molar-refractivity contribution in [2.45, 2.75) is 63.0 Å². The van der Waals surface area contributed by atoms with Gasteiger partial charge in [-0.1, -0.05) is 48.9 Å². The Morgan fingerprint density at radius 1 is 1.07 bits per heavy atom. The standard InChI is InChI=1S/C21H32Cl2N2O2/c22-17-7-8-20(19(23)13-17)27-15-18(26)14-24-16-21(9-3-1-4-10-21)25-11-5-2-6-12-25/h7-8,13,18,24,26H,1-6,9-12,14-16H2/t18-/m0/s1. The topological polar surface area (TPSA) is 44.7 Å². The van der Waals surface area contributed by atoms with Crippen molar-refractivity contribution >= 4 is 23.2 Å². The van der Waals surface area contributed by atoms with E-state index in [1.165, 1.54) is 64.5 Å². The summed E-state index contributed by atoms with van der Waals surface area (Å²) in [5, 5.41) is 14.9. The van der Waals surface area contributed by atoms with Crippen LogP contribution in [0.5, 0.6) is 5.75 Å². The number of nitrogens with one attached hydrogen (secondary N) is 1. The van der Waals surface area contributed by atoms with E-state index in [1.54, 1.807) is 18.2 Å². The van der Waals surface area contributed by atoms with E-state index in [0.29, 0.717) is 22.3 Å². The van der Waals surface area contributed by atoms with Crippen LogP contribution < -0.4 is 10.1 Å². The van der Waals surface area contributed by atoms with Crippen molar-refractivity contribution in [3.05, 3.63) is 28.2 Å². The molecule has 6 heteroatoms. The number of likely N-dealkylation sites (tertiary alicyclic amines) is 1. The van der Waals surface area contributed by atoms with E-state index in [-0.39, 0.29) is 12.1 Å². The van der Waals surface area contributed by atoms with Crippen molar-refractivity contribution in [2.75, 3.05) is 32.8 Å². The number of rotatable bonds is 8. The molecule has 0 bridgehead atoms. The zero-order chi connectivity index (χ0) is 19.1. The number of piperidine rings is 1. The van der Waals surface area contributed by atoms with Crippen LogP contribution in [0.15, 0.2) is 18.2 Å². The molecule has 27 heavy (non-hydrogen) atoms. The summed E-state index contributed by atoms with van der Waals surface area (Å²) in [6.07, 6.45) is 9.97. The summed E-state index contributed by atoms with van der Waals surface area (Å²) in [6, 6.07) is 5.12. The molecule has 152 valence electrons. The zero-order valence-electron chi connectivity index (χ0n) is 16.1. The Bertz CT molecular complexity index is 588. The third kappa shape index (κ3) is 5.98. The summed E-state index contributed by atoms with van der Waals surface area (Å²) in [6.45, 7) is 4.14. The van der Waals surface area contributed by atoms with Gasteiger partial charge in [-0.25, -0.2) is 0 Å². The fourth-order valence-electron chi connectivity index (χ4n) is 4.49. The highest BCUT2D eigenvalue weighted by molar-refractivity contribution is 6.35. The van der Waals surface area contributed by atoms with E-state index in [9.17, 15) is 5.11 Å². The third-order valence-electron chi connectivity index (χ3n) is 5.97. The summed E-state index contributed by atoms with van der Waals surface area (Å²) in [5.41, 5.74) is 0.277. The van der Waals surface area contributed by atoms with Crippen LogP contribution in [0.25, 0.3) is 0 Å². The monoisotopic (exact) mass is 414 g/mol. The van der Waals surface area contributed by atoms with E-state index in [1.807, 2.05) is 0 Å². The van der Waals surface area contributed by atoms with Crippen LogP contribution in [0, 0.1) is 0 Å². The van der Waals surface area contributed by atoms with Gasteiger partial charge in [-0.2, -0.15) is 0 Å². The molecule has 1 aliphatic heterocycles. The van der Waals surface area contributed by atoms with Gasteiger partial charge in [-0.05, 0) is 57.0 Å². The quantitative estimate of drug-likeness (QED) is 0.656. The van der Waals surface area contributed by atoms with Crippen molar-refractivity contribution in [3.8, 4) is 5.75 Å². The van der Waals surface area contributed by atoms with Gasteiger partial charge in [-0.15, -0.1) is 0 Å². The van der Waals surface area contributed by atoms with Crippen LogP contribution in [0.2, 0.25) is 10.0 Å². The lowest BCUT2D eigenvalue weighted by molar-refractivity contribution is 0.0289. The molecular weight excluding hydrogens is 383 g/mol. The Hall–Kier alpha value is -0.520. The maximum absolute atomic E-state index is 10.3. The SMILES string of the molecule is O[C@@H](CNCC1(N2CCCCC2)CCCCC1)COc1ccc(Cl)cc1Cl. The van der Waals surface area contributed by atoms with E-state index < -0.39 is 6.10 Å². The molecule has 1 atom stereocenters. The molecule has 1 saturated carbocycles. The van der Waals surface area contributed by atoms with Crippen molar-refractivity contribution in [1.29, 1.82) is 0 Å². The molecule has 0 spiro atoms. The predicted octanol–water partition coefficient (Wildman–Crippen LogP) is 4.51. The lowest BCUT2D eigenvalue weighted by Crippen LogP contribution is -2.58. The Kier molecular flexibility index (Phi) is 8.10. The number of hydrogen-bond acceptors (Lipinski definition) is 4. The number of hydrogen-bond donors (Lipinski definition) is 2. The van der Waals surface area contributed by atoms with Crippen molar-refractivity contribution in [3.63, 3.8) is 0 Å². The second-order valence-corrected chi connectivity index (χ2v) is 8.85. The Morgan fingerprint density at radius 2 is 1.78 bits per heavy atom. The normalized spacial score (nSPS) is 21.7. The number of nitrogens with zero attached hydrogens (tertiary/aromatic N) is 1. The summed E-state index contributed by atoms with van der Waals surface area (Å²) < 4.78 is 5.65. The maximum Gasteiger partial charge on any atom is 0.138 e. The highest BCUT2D eigenvalue weighted by atomic mass is 35.5. The molecule has 1 aromatic rings. The Balaban J connectivity index is 1.46. The van der Waals surface area contributed by atoms with Crippen molar-refractivity contribution in [1.82, 2.24) is 10.2 Å². The van der Waals surface area contributed by atoms with Gasteiger partial charge in [0.25, 0.3) is 0 Å². The molecule has 4 nitrogen and oxygen atoms in total. The zero-order valence-corrected chi connectivity index (χ0v) is 17.6. The smallest absolute Gasteiger partial charge is 0.138 e. The Morgan fingerprint density at radius 3 is 2.48 bits per heavy atom. The molecular formula is C21H32Cl2N2O2. The molecule has 0 unspecified atom stereocenters. The lowest BCUT2D eigenvalue weighted by atomic mass is 9.79. The van der Waals surface area contributed by atoms with Crippen LogP contribution >= 0.6 is 23.2 Å². The third-order valence-corrected chi connectivity index (χ3v) is 6.50. The van der Waals surface area contributed by atoms with Crippen molar-refractivity contribution < 1.29 is 9.84 Å². The molecule has 1 aromatic carbocycles. The van der Waals surface area contributed by atoms with Crippen LogP contribution in [-0.4, -0.2) is 54.4 Å². The van der Waals surface area contributed by atoms with Crippen LogP contribution in [0.1, 0.15) is 51.4 Å². The van der Waals surface area contributed by atoms with Crippen molar-refractivity contribution in [2.24, 2.45) is 0 Å². The first-order valence-corrected chi connectivity index (χ1v) is 11.1. The molecule has 1 heterocycles. The largest absolute Gasteiger partial charge is 0.489 e. The van der Waals surface area contributed by atoms with E-state index in [2.05, 4.69) is 10.2 Å².